The van der Waals surface area contributed by atoms with E-state index < -0.39 is 32.7 Å². The maximum absolute atomic E-state index is 14.3. The van der Waals surface area contributed by atoms with Crippen molar-refractivity contribution in [3.8, 4) is 17.2 Å². The Bertz CT molecular complexity index is 1630. The molecule has 0 saturated carbocycles. The summed E-state index contributed by atoms with van der Waals surface area (Å²) in [5.41, 5.74) is 8.42. The average molecular weight is 670 g/mol. The molecule has 2 N–H and O–H groups in total. The maximum atomic E-state index is 14.3. The molecule has 254 valence electrons. The van der Waals surface area contributed by atoms with Crippen LogP contribution in [0.2, 0.25) is 5.04 Å². The number of Topliss-reactive ketones (excluding diaryl/α,β-unsaturated/α-hetero) is 1. The van der Waals surface area contributed by atoms with Gasteiger partial charge in [0, 0.05) is 37.0 Å². The lowest BCUT2D eigenvalue weighted by Crippen LogP contribution is -2.67. The minimum Gasteiger partial charge on any atom is -0.497 e. The zero-order valence-electron chi connectivity index (χ0n) is 28.9. The first-order chi connectivity index (χ1) is 23.0. The first-order valence-electron chi connectivity index (χ1n) is 16.0. The van der Waals surface area contributed by atoms with Crippen LogP contribution < -0.4 is 30.3 Å². The van der Waals surface area contributed by atoms with Gasteiger partial charge in [0.15, 0.2) is 5.78 Å². The van der Waals surface area contributed by atoms with Crippen LogP contribution in [0.15, 0.2) is 97.1 Å². The molecule has 0 aliphatic carbocycles. The van der Waals surface area contributed by atoms with Gasteiger partial charge in [-0.15, -0.1) is 0 Å². The van der Waals surface area contributed by atoms with Crippen molar-refractivity contribution >= 4 is 36.1 Å². The van der Waals surface area contributed by atoms with E-state index in [9.17, 15) is 9.59 Å². The van der Waals surface area contributed by atoms with E-state index in [0.717, 1.165) is 21.5 Å². The number of hydrogen-bond acceptors (Lipinski definition) is 8. The molecule has 0 spiro atoms. The van der Waals surface area contributed by atoms with E-state index in [4.69, 9.17) is 29.1 Å². The lowest BCUT2D eigenvalue weighted by molar-refractivity contribution is -0.147. The lowest BCUT2D eigenvalue weighted by Gasteiger charge is -2.44. The van der Waals surface area contributed by atoms with Gasteiger partial charge in [0.25, 0.3) is 8.32 Å². The van der Waals surface area contributed by atoms with Crippen LogP contribution >= 0.6 is 0 Å². The van der Waals surface area contributed by atoms with Gasteiger partial charge in [0.2, 0.25) is 0 Å². The molecule has 0 fully saturated rings. The summed E-state index contributed by atoms with van der Waals surface area (Å²) >= 11 is 0. The molecule has 0 saturated heterocycles. The Kier molecular flexibility index (Phi) is 12.1. The van der Waals surface area contributed by atoms with E-state index in [1.165, 1.54) is 6.92 Å². The standard InChI is InChI=1S/C39H47NO7Si/c1-27(41)46-26-36(42)33(23-28-21-22-29(43-5)24-37(28)44-6)34(32-19-14-20-35(40)38(32)45-7)25-47-48(39(2,3)4,30-15-10-8-11-16-30)31-17-12-9-13-18-31/h8-22,24,33-34H,23,25-26,40H2,1-7H3/t33?,34-/m0/s1. The molecule has 0 aliphatic rings. The van der Waals surface area contributed by atoms with Crippen LogP contribution in [0.3, 0.4) is 0 Å². The first-order valence-corrected chi connectivity index (χ1v) is 17.9. The fraction of sp³-hybridized carbons (Fsp3) is 0.333. The molecule has 4 aromatic rings. The van der Waals surface area contributed by atoms with Gasteiger partial charge in [0.05, 0.1) is 27.0 Å². The normalized spacial score (nSPS) is 12.9. The third-order valence-corrected chi connectivity index (χ3v) is 13.8. The van der Waals surface area contributed by atoms with Crippen molar-refractivity contribution in [3.05, 3.63) is 108 Å². The Balaban J connectivity index is 1.94. The summed E-state index contributed by atoms with van der Waals surface area (Å²) in [5.74, 6) is -0.399. The fourth-order valence-corrected chi connectivity index (χ4v) is 11.1. The highest BCUT2D eigenvalue weighted by atomic mass is 28.4. The minimum absolute atomic E-state index is 0.155. The summed E-state index contributed by atoms with van der Waals surface area (Å²) in [7, 11) is 1.70. The van der Waals surface area contributed by atoms with E-state index >= 15 is 0 Å². The van der Waals surface area contributed by atoms with Crippen molar-refractivity contribution < 1.29 is 33.0 Å². The molecular weight excluding hydrogens is 623 g/mol. The average Bonchev–Trinajstić information content (AvgIpc) is 3.08. The molecule has 8 nitrogen and oxygen atoms in total. The largest absolute Gasteiger partial charge is 0.497 e. The predicted octanol–water partition coefficient (Wildman–Crippen LogP) is 5.95. The van der Waals surface area contributed by atoms with Crippen LogP contribution in [0, 0.1) is 5.92 Å². The summed E-state index contributed by atoms with van der Waals surface area (Å²) in [6.45, 7) is 7.68. The first kappa shape index (κ1) is 36.2. The number of nitrogen functional groups attached to an aromatic ring is 1. The Morgan fingerprint density at radius 2 is 1.42 bits per heavy atom. The van der Waals surface area contributed by atoms with Gasteiger partial charge in [-0.25, -0.2) is 0 Å². The maximum Gasteiger partial charge on any atom is 0.303 e. The predicted molar refractivity (Wildman–Crippen MR) is 192 cm³/mol. The van der Waals surface area contributed by atoms with Crippen molar-refractivity contribution in [3.63, 3.8) is 0 Å². The molecule has 48 heavy (non-hydrogen) atoms. The van der Waals surface area contributed by atoms with Crippen molar-refractivity contribution in [2.24, 2.45) is 5.92 Å². The molecule has 0 aromatic heterocycles. The molecule has 9 heteroatoms. The molecule has 1 unspecified atom stereocenters. The highest BCUT2D eigenvalue weighted by molar-refractivity contribution is 6.99. The fourth-order valence-electron chi connectivity index (χ4n) is 6.52. The van der Waals surface area contributed by atoms with Crippen LogP contribution in [-0.2, 0) is 25.2 Å². The van der Waals surface area contributed by atoms with E-state index in [1.807, 2.05) is 60.7 Å². The van der Waals surface area contributed by atoms with Crippen LogP contribution in [0.1, 0.15) is 44.7 Å². The number of carbonyl (C=O) groups excluding carboxylic acids is 2. The molecule has 0 radical (unpaired) electrons. The molecule has 0 aliphatic heterocycles. The quantitative estimate of drug-likeness (QED) is 0.0942. The number of anilines is 1. The minimum atomic E-state index is -3.04. The van der Waals surface area contributed by atoms with Crippen molar-refractivity contribution in [1.82, 2.24) is 0 Å². The van der Waals surface area contributed by atoms with E-state index in [2.05, 4.69) is 45.0 Å². The second-order valence-corrected chi connectivity index (χ2v) is 17.1. The number of methoxy groups -OCH3 is 3. The highest BCUT2D eigenvalue weighted by Gasteiger charge is 2.51. The lowest BCUT2D eigenvalue weighted by atomic mass is 9.79. The number of carbonyl (C=O) groups is 2. The number of rotatable bonds is 15. The van der Waals surface area contributed by atoms with Gasteiger partial charge in [-0.1, -0.05) is 99.6 Å². The van der Waals surface area contributed by atoms with Crippen LogP contribution in [0.4, 0.5) is 5.69 Å². The van der Waals surface area contributed by atoms with Gasteiger partial charge in [0.1, 0.15) is 23.9 Å². The van der Waals surface area contributed by atoms with Crippen LogP contribution in [0.25, 0.3) is 0 Å². The Hall–Kier alpha value is -4.60. The summed E-state index contributed by atoms with van der Waals surface area (Å²) in [6, 6.07) is 31.7. The zero-order chi connectivity index (χ0) is 34.9. The van der Waals surface area contributed by atoms with E-state index in [1.54, 1.807) is 33.5 Å². The molecule has 0 bridgehead atoms. The number of esters is 1. The summed E-state index contributed by atoms with van der Waals surface area (Å²) in [6.07, 6.45) is 0.264. The number of nitrogens with two attached hydrogens (primary N) is 1. The Morgan fingerprint density at radius 3 is 1.94 bits per heavy atom. The molecular formula is C39H47NO7Si. The monoisotopic (exact) mass is 669 g/mol. The summed E-state index contributed by atoms with van der Waals surface area (Å²) in [4.78, 5) is 26.2. The molecule has 4 rings (SSSR count). The smallest absolute Gasteiger partial charge is 0.303 e. The van der Waals surface area contributed by atoms with Gasteiger partial charge < -0.3 is 29.1 Å². The Morgan fingerprint density at radius 1 is 0.792 bits per heavy atom. The third-order valence-electron chi connectivity index (χ3n) is 8.83. The van der Waals surface area contributed by atoms with Crippen molar-refractivity contribution in [2.75, 3.05) is 40.3 Å². The van der Waals surface area contributed by atoms with E-state index in [-0.39, 0.29) is 23.8 Å². The van der Waals surface area contributed by atoms with Crippen LogP contribution in [-0.4, -0.2) is 54.6 Å². The van der Waals surface area contributed by atoms with Gasteiger partial charge in [-0.2, -0.15) is 0 Å². The summed E-state index contributed by atoms with van der Waals surface area (Å²) in [5, 5.41) is 1.92. The SMILES string of the molecule is COc1ccc(CC(C(=O)COC(C)=O)[C@@H](CO[Si](c2ccccc2)(c2ccccc2)C(C)(C)C)c2cccc(N)c2OC)c(OC)c1. The number of ether oxygens (including phenoxy) is 4. The van der Waals surface area contributed by atoms with Gasteiger partial charge in [-0.05, 0) is 39.5 Å². The second-order valence-electron chi connectivity index (χ2n) is 12.8. The zero-order valence-corrected chi connectivity index (χ0v) is 29.9. The molecule has 0 heterocycles. The van der Waals surface area contributed by atoms with E-state index in [0.29, 0.717) is 22.9 Å². The molecule has 2 atom stereocenters. The third kappa shape index (κ3) is 7.91. The summed E-state index contributed by atoms with van der Waals surface area (Å²) < 4.78 is 29.8. The van der Waals surface area contributed by atoms with Gasteiger partial charge in [-0.3, -0.25) is 9.59 Å². The number of para-hydroxylation sites is 1. The van der Waals surface area contributed by atoms with Crippen molar-refractivity contribution in [2.45, 2.75) is 45.1 Å². The highest BCUT2D eigenvalue weighted by Crippen LogP contribution is 2.42. The second kappa shape index (κ2) is 16.0. The number of hydrogen-bond donors (Lipinski definition) is 1. The van der Waals surface area contributed by atoms with Crippen LogP contribution in [0.5, 0.6) is 17.2 Å². The van der Waals surface area contributed by atoms with Crippen molar-refractivity contribution in [1.29, 1.82) is 0 Å². The molecule has 4 aromatic carbocycles. The molecule has 0 amide bonds. The topological polar surface area (TPSA) is 106 Å². The Labute approximate surface area is 285 Å². The van der Waals surface area contributed by atoms with Gasteiger partial charge >= 0.3 is 5.97 Å². The number of ketones is 1. The number of benzene rings is 4.